The van der Waals surface area contributed by atoms with E-state index in [4.69, 9.17) is 5.73 Å². The number of halogens is 3. The van der Waals surface area contributed by atoms with Crippen LogP contribution in [0.5, 0.6) is 0 Å². The van der Waals surface area contributed by atoms with Crippen molar-refractivity contribution in [2.24, 2.45) is 11.7 Å². The fourth-order valence-corrected chi connectivity index (χ4v) is 2.91. The molecule has 1 fully saturated rings. The van der Waals surface area contributed by atoms with Crippen LogP contribution in [0.2, 0.25) is 0 Å². The molecule has 0 aromatic heterocycles. The Balaban J connectivity index is 2.14. The molecule has 112 valence electrons. The first-order chi connectivity index (χ1) is 9.45. The van der Waals surface area contributed by atoms with Crippen molar-refractivity contribution in [3.05, 3.63) is 29.8 Å². The van der Waals surface area contributed by atoms with Gasteiger partial charge in [0.05, 0.1) is 5.56 Å². The van der Waals surface area contributed by atoms with Crippen molar-refractivity contribution in [2.75, 3.05) is 18.0 Å². The molecule has 2 N–H and O–H groups in total. The number of nitrogens with zero attached hydrogens (tertiary/aromatic N) is 1. The molecule has 2 nitrogen and oxygen atoms in total. The standard InChI is InChI=1S/C15H21F3N2/c1-2-11-7-8-20(14(9-11)10-19)13-5-3-12(4-6-13)15(16,17)18/h3-6,11,14H,2,7-10,19H2,1H3. The second kappa shape index (κ2) is 6.04. The van der Waals surface area contributed by atoms with Crippen molar-refractivity contribution in [1.82, 2.24) is 0 Å². The molecule has 5 heteroatoms. The van der Waals surface area contributed by atoms with Gasteiger partial charge >= 0.3 is 6.18 Å². The van der Waals surface area contributed by atoms with Gasteiger partial charge in [-0.15, -0.1) is 0 Å². The first-order valence-corrected chi connectivity index (χ1v) is 7.09. The molecule has 1 heterocycles. The summed E-state index contributed by atoms with van der Waals surface area (Å²) in [6.45, 7) is 3.58. The Morgan fingerprint density at radius 2 is 1.90 bits per heavy atom. The zero-order chi connectivity index (χ0) is 14.8. The number of hydrogen-bond donors (Lipinski definition) is 1. The van der Waals surface area contributed by atoms with Gasteiger partial charge in [0.1, 0.15) is 0 Å². The third-order valence-electron chi connectivity index (χ3n) is 4.20. The first-order valence-electron chi connectivity index (χ1n) is 7.09. The van der Waals surface area contributed by atoms with Crippen LogP contribution in [0.3, 0.4) is 0 Å². The van der Waals surface area contributed by atoms with Gasteiger partial charge in [0.25, 0.3) is 0 Å². The lowest BCUT2D eigenvalue weighted by Gasteiger charge is -2.40. The molecule has 2 unspecified atom stereocenters. The highest BCUT2D eigenvalue weighted by atomic mass is 19.4. The molecule has 20 heavy (non-hydrogen) atoms. The zero-order valence-electron chi connectivity index (χ0n) is 11.7. The minimum atomic E-state index is -4.28. The summed E-state index contributed by atoms with van der Waals surface area (Å²) in [4.78, 5) is 2.15. The van der Waals surface area contributed by atoms with Gasteiger partial charge in [0, 0.05) is 24.8 Å². The van der Waals surface area contributed by atoms with E-state index in [1.807, 2.05) is 0 Å². The maximum Gasteiger partial charge on any atom is 0.416 e. The first kappa shape index (κ1) is 15.2. The molecule has 1 aromatic carbocycles. The average molecular weight is 286 g/mol. The van der Waals surface area contributed by atoms with Crippen LogP contribution in [0.1, 0.15) is 31.7 Å². The van der Waals surface area contributed by atoms with Crippen molar-refractivity contribution < 1.29 is 13.2 Å². The molecular weight excluding hydrogens is 265 g/mol. The van der Waals surface area contributed by atoms with E-state index in [0.29, 0.717) is 12.5 Å². The summed E-state index contributed by atoms with van der Waals surface area (Å²) < 4.78 is 37.7. The Morgan fingerprint density at radius 1 is 1.25 bits per heavy atom. The number of piperidine rings is 1. The van der Waals surface area contributed by atoms with Crippen LogP contribution in [0.4, 0.5) is 18.9 Å². The number of benzene rings is 1. The van der Waals surface area contributed by atoms with Gasteiger partial charge in [-0.2, -0.15) is 13.2 Å². The molecule has 0 bridgehead atoms. The Hall–Kier alpha value is -1.23. The van der Waals surface area contributed by atoms with Crippen LogP contribution in [0, 0.1) is 5.92 Å². The third-order valence-corrected chi connectivity index (χ3v) is 4.20. The molecular formula is C15H21F3N2. The molecule has 1 aliphatic rings. The molecule has 1 saturated heterocycles. The summed E-state index contributed by atoms with van der Waals surface area (Å²) in [6, 6.07) is 5.63. The Kier molecular flexibility index (Phi) is 4.58. The monoisotopic (exact) mass is 286 g/mol. The van der Waals surface area contributed by atoms with E-state index in [1.54, 1.807) is 12.1 Å². The highest BCUT2D eigenvalue weighted by molar-refractivity contribution is 5.49. The highest BCUT2D eigenvalue weighted by Crippen LogP contribution is 2.33. The molecule has 0 spiro atoms. The summed E-state index contributed by atoms with van der Waals surface area (Å²) in [5, 5.41) is 0. The molecule has 1 aliphatic heterocycles. The van der Waals surface area contributed by atoms with Gasteiger partial charge in [-0.3, -0.25) is 0 Å². The SMILES string of the molecule is CCC1CCN(c2ccc(C(F)(F)F)cc2)C(CN)C1. The second-order valence-electron chi connectivity index (χ2n) is 5.43. The van der Waals surface area contributed by atoms with E-state index in [0.717, 1.165) is 43.6 Å². The van der Waals surface area contributed by atoms with E-state index in [1.165, 1.54) is 0 Å². The van der Waals surface area contributed by atoms with E-state index in [2.05, 4.69) is 11.8 Å². The van der Waals surface area contributed by atoms with E-state index in [-0.39, 0.29) is 6.04 Å². The molecule has 0 aliphatic carbocycles. The maximum absolute atomic E-state index is 12.6. The average Bonchev–Trinajstić information content (AvgIpc) is 2.45. The van der Waals surface area contributed by atoms with Crippen molar-refractivity contribution in [3.63, 3.8) is 0 Å². The summed E-state index contributed by atoms with van der Waals surface area (Å²) >= 11 is 0. The molecule has 2 rings (SSSR count). The van der Waals surface area contributed by atoms with Gasteiger partial charge in [-0.1, -0.05) is 13.3 Å². The van der Waals surface area contributed by atoms with Crippen LogP contribution in [0.15, 0.2) is 24.3 Å². The fraction of sp³-hybridized carbons (Fsp3) is 0.600. The van der Waals surface area contributed by atoms with Crippen molar-refractivity contribution in [3.8, 4) is 0 Å². The molecule has 0 saturated carbocycles. The van der Waals surface area contributed by atoms with Crippen LogP contribution >= 0.6 is 0 Å². The minimum Gasteiger partial charge on any atom is -0.367 e. The van der Waals surface area contributed by atoms with Crippen LogP contribution in [0.25, 0.3) is 0 Å². The fourth-order valence-electron chi connectivity index (χ4n) is 2.91. The number of rotatable bonds is 3. The van der Waals surface area contributed by atoms with Crippen molar-refractivity contribution in [2.45, 2.75) is 38.4 Å². The largest absolute Gasteiger partial charge is 0.416 e. The molecule has 0 radical (unpaired) electrons. The summed E-state index contributed by atoms with van der Waals surface area (Å²) in [5.74, 6) is 0.675. The quantitative estimate of drug-likeness (QED) is 0.919. The van der Waals surface area contributed by atoms with Gasteiger partial charge in [-0.25, -0.2) is 0 Å². The Labute approximate surface area is 117 Å². The van der Waals surface area contributed by atoms with E-state index < -0.39 is 11.7 Å². The van der Waals surface area contributed by atoms with Gasteiger partial charge in [0.2, 0.25) is 0 Å². The molecule has 1 aromatic rings. The number of anilines is 1. The van der Waals surface area contributed by atoms with E-state index >= 15 is 0 Å². The highest BCUT2D eigenvalue weighted by Gasteiger charge is 2.31. The summed E-state index contributed by atoms with van der Waals surface area (Å²) in [5.41, 5.74) is 6.06. The van der Waals surface area contributed by atoms with Crippen molar-refractivity contribution >= 4 is 5.69 Å². The van der Waals surface area contributed by atoms with Gasteiger partial charge in [0.15, 0.2) is 0 Å². The van der Waals surface area contributed by atoms with Crippen LogP contribution in [-0.2, 0) is 6.18 Å². The predicted octanol–water partition coefficient (Wildman–Crippen LogP) is 3.66. The smallest absolute Gasteiger partial charge is 0.367 e. The maximum atomic E-state index is 12.6. The van der Waals surface area contributed by atoms with Crippen LogP contribution in [-0.4, -0.2) is 19.1 Å². The number of hydrogen-bond acceptors (Lipinski definition) is 2. The lowest BCUT2D eigenvalue weighted by molar-refractivity contribution is -0.137. The Morgan fingerprint density at radius 3 is 2.40 bits per heavy atom. The normalized spacial score (nSPS) is 23.9. The summed E-state index contributed by atoms with van der Waals surface area (Å²) in [6.07, 6.45) is -1.04. The lowest BCUT2D eigenvalue weighted by Crippen LogP contribution is -2.46. The van der Waals surface area contributed by atoms with Crippen LogP contribution < -0.4 is 10.6 Å². The second-order valence-corrected chi connectivity index (χ2v) is 5.43. The lowest BCUT2D eigenvalue weighted by atomic mass is 9.88. The van der Waals surface area contributed by atoms with Crippen molar-refractivity contribution in [1.29, 1.82) is 0 Å². The van der Waals surface area contributed by atoms with E-state index in [9.17, 15) is 13.2 Å². The predicted molar refractivity (Wildman–Crippen MR) is 74.6 cm³/mol. The number of nitrogens with two attached hydrogens (primary N) is 1. The van der Waals surface area contributed by atoms with Gasteiger partial charge in [-0.05, 0) is 43.0 Å². The van der Waals surface area contributed by atoms with Gasteiger partial charge < -0.3 is 10.6 Å². The molecule has 0 amide bonds. The third kappa shape index (κ3) is 3.26. The number of alkyl halides is 3. The Bertz CT molecular complexity index is 428. The molecule has 2 atom stereocenters. The zero-order valence-corrected chi connectivity index (χ0v) is 11.7. The minimum absolute atomic E-state index is 0.227. The summed E-state index contributed by atoms with van der Waals surface area (Å²) in [7, 11) is 0. The topological polar surface area (TPSA) is 29.3 Å².